The molecule has 1 amide bonds. The Bertz CT molecular complexity index is 371. The summed E-state index contributed by atoms with van der Waals surface area (Å²) in [6, 6.07) is 0. The van der Waals surface area contributed by atoms with Gasteiger partial charge in [0.1, 0.15) is 6.17 Å². The van der Waals surface area contributed by atoms with Crippen molar-refractivity contribution in [3.8, 4) is 0 Å². The summed E-state index contributed by atoms with van der Waals surface area (Å²) >= 11 is 23.0. The molecular formula is C12H20Cl3N3O2S. The normalized spacial score (nSPS) is 17.5. The van der Waals surface area contributed by atoms with E-state index in [-0.39, 0.29) is 11.8 Å². The van der Waals surface area contributed by atoms with Crippen LogP contribution in [-0.4, -0.2) is 52.2 Å². The average molecular weight is 377 g/mol. The molecule has 1 saturated heterocycles. The van der Waals surface area contributed by atoms with Crippen LogP contribution in [0.2, 0.25) is 0 Å². The molecule has 0 radical (unpaired) electrons. The monoisotopic (exact) mass is 375 g/mol. The fourth-order valence-electron chi connectivity index (χ4n) is 1.77. The molecule has 2 N–H and O–H groups in total. The molecule has 0 aromatic rings. The molecule has 1 atom stereocenters. The topological polar surface area (TPSA) is 53.6 Å². The summed E-state index contributed by atoms with van der Waals surface area (Å²) in [6.45, 7) is 6.40. The second kappa shape index (κ2) is 8.58. The van der Waals surface area contributed by atoms with Gasteiger partial charge < -0.3 is 20.3 Å². The third kappa shape index (κ3) is 7.19. The lowest BCUT2D eigenvalue weighted by molar-refractivity contribution is -0.122. The lowest BCUT2D eigenvalue weighted by atomic mass is 10.1. The lowest BCUT2D eigenvalue weighted by Gasteiger charge is -2.34. The number of nitrogens with zero attached hydrogens (tertiary/aromatic N) is 1. The van der Waals surface area contributed by atoms with Gasteiger partial charge in [-0.3, -0.25) is 4.79 Å². The minimum atomic E-state index is -1.71. The maximum absolute atomic E-state index is 11.9. The maximum atomic E-state index is 11.9. The largest absolute Gasteiger partial charge is 0.378 e. The number of morpholine rings is 1. The Balaban J connectivity index is 2.61. The molecule has 0 aromatic carbocycles. The van der Waals surface area contributed by atoms with Crippen LogP contribution < -0.4 is 10.6 Å². The van der Waals surface area contributed by atoms with Crippen LogP contribution in [0.15, 0.2) is 0 Å². The molecule has 1 rings (SSSR count). The van der Waals surface area contributed by atoms with Crippen LogP contribution in [0.25, 0.3) is 0 Å². The zero-order chi connectivity index (χ0) is 16.0. The van der Waals surface area contributed by atoms with Gasteiger partial charge in [-0.1, -0.05) is 48.7 Å². The summed E-state index contributed by atoms with van der Waals surface area (Å²) in [6.07, 6.45) is -0.535. The van der Waals surface area contributed by atoms with Gasteiger partial charge in [-0.25, -0.2) is 0 Å². The van der Waals surface area contributed by atoms with E-state index in [1.807, 2.05) is 18.7 Å². The maximum Gasteiger partial charge on any atom is 0.228 e. The molecule has 0 spiro atoms. The van der Waals surface area contributed by atoms with Gasteiger partial charge in [0, 0.05) is 19.5 Å². The molecule has 1 aliphatic rings. The summed E-state index contributed by atoms with van der Waals surface area (Å²) in [5.74, 6) is 0.0193. The van der Waals surface area contributed by atoms with Crippen LogP contribution >= 0.6 is 47.0 Å². The SMILES string of the molecule is CC(C)CC(=O)NC(NC(=S)N1CCOCC1)C(Cl)(Cl)Cl. The van der Waals surface area contributed by atoms with E-state index in [1.54, 1.807) is 0 Å². The molecule has 0 aromatic heterocycles. The smallest absolute Gasteiger partial charge is 0.228 e. The van der Waals surface area contributed by atoms with Gasteiger partial charge >= 0.3 is 0 Å². The van der Waals surface area contributed by atoms with E-state index < -0.39 is 9.96 Å². The zero-order valence-electron chi connectivity index (χ0n) is 12.0. The van der Waals surface area contributed by atoms with Crippen molar-refractivity contribution in [1.82, 2.24) is 15.5 Å². The molecule has 1 aliphatic heterocycles. The van der Waals surface area contributed by atoms with E-state index >= 15 is 0 Å². The number of carbonyl (C=O) groups is 1. The van der Waals surface area contributed by atoms with Crippen molar-refractivity contribution in [3.05, 3.63) is 0 Å². The summed E-state index contributed by atoms with van der Waals surface area (Å²) < 4.78 is 3.55. The summed E-state index contributed by atoms with van der Waals surface area (Å²) in [5, 5.41) is 6.00. The standard InChI is InChI=1S/C12H20Cl3N3O2S/c1-8(2)7-9(19)16-10(12(13,14)15)17-11(21)18-3-5-20-6-4-18/h8,10H,3-7H2,1-2H3,(H,16,19)(H,17,21). The Morgan fingerprint density at radius 2 is 1.86 bits per heavy atom. The molecule has 21 heavy (non-hydrogen) atoms. The highest BCUT2D eigenvalue weighted by Gasteiger charge is 2.35. The minimum absolute atomic E-state index is 0.196. The Labute approximate surface area is 145 Å². The quantitative estimate of drug-likeness (QED) is 0.447. The highest BCUT2D eigenvalue weighted by Crippen LogP contribution is 2.29. The molecule has 1 fully saturated rings. The first kappa shape index (κ1) is 19.0. The fraction of sp³-hybridized carbons (Fsp3) is 0.833. The Kier molecular flexibility index (Phi) is 7.78. The number of carbonyl (C=O) groups excluding carboxylic acids is 1. The predicted molar refractivity (Wildman–Crippen MR) is 89.8 cm³/mol. The highest BCUT2D eigenvalue weighted by atomic mass is 35.6. The first-order valence-corrected chi connectivity index (χ1v) is 8.23. The van der Waals surface area contributed by atoms with E-state index in [9.17, 15) is 4.79 Å². The van der Waals surface area contributed by atoms with E-state index in [4.69, 9.17) is 51.8 Å². The number of halogens is 3. The van der Waals surface area contributed by atoms with Gasteiger partial charge in [-0.15, -0.1) is 0 Å². The molecule has 1 heterocycles. The molecule has 0 bridgehead atoms. The first-order chi connectivity index (χ1) is 9.70. The molecule has 122 valence electrons. The van der Waals surface area contributed by atoms with E-state index in [0.717, 1.165) is 0 Å². The Morgan fingerprint density at radius 3 is 2.33 bits per heavy atom. The van der Waals surface area contributed by atoms with Crippen LogP contribution in [0.4, 0.5) is 0 Å². The van der Waals surface area contributed by atoms with Crippen LogP contribution in [0, 0.1) is 5.92 Å². The fourth-order valence-corrected chi connectivity index (χ4v) is 2.40. The molecule has 1 unspecified atom stereocenters. The lowest BCUT2D eigenvalue weighted by Crippen LogP contribution is -2.59. The number of alkyl halides is 3. The summed E-state index contributed by atoms with van der Waals surface area (Å²) in [5.41, 5.74) is 0. The molecule has 0 saturated carbocycles. The third-order valence-electron chi connectivity index (χ3n) is 2.79. The average Bonchev–Trinajstić information content (AvgIpc) is 2.36. The van der Waals surface area contributed by atoms with Crippen molar-refractivity contribution >= 4 is 58.0 Å². The summed E-state index contributed by atoms with van der Waals surface area (Å²) in [7, 11) is 0. The van der Waals surface area contributed by atoms with Gasteiger partial charge in [0.15, 0.2) is 5.11 Å². The van der Waals surface area contributed by atoms with Crippen molar-refractivity contribution in [2.75, 3.05) is 26.3 Å². The molecule has 0 aliphatic carbocycles. The number of nitrogens with one attached hydrogen (secondary N) is 2. The number of rotatable bonds is 4. The minimum Gasteiger partial charge on any atom is -0.378 e. The van der Waals surface area contributed by atoms with Gasteiger partial charge in [0.05, 0.1) is 13.2 Å². The zero-order valence-corrected chi connectivity index (χ0v) is 15.1. The summed E-state index contributed by atoms with van der Waals surface area (Å²) in [4.78, 5) is 13.8. The highest BCUT2D eigenvalue weighted by molar-refractivity contribution is 7.80. The van der Waals surface area contributed by atoms with Crippen molar-refractivity contribution < 1.29 is 9.53 Å². The van der Waals surface area contributed by atoms with Crippen molar-refractivity contribution in [1.29, 1.82) is 0 Å². The van der Waals surface area contributed by atoms with Gasteiger partial charge in [0.2, 0.25) is 9.70 Å². The van der Waals surface area contributed by atoms with Crippen molar-refractivity contribution in [3.63, 3.8) is 0 Å². The Hall–Kier alpha value is -0.0100. The van der Waals surface area contributed by atoms with Gasteiger partial charge in [-0.2, -0.15) is 0 Å². The first-order valence-electron chi connectivity index (χ1n) is 6.69. The van der Waals surface area contributed by atoms with Crippen LogP contribution in [0.3, 0.4) is 0 Å². The second-order valence-corrected chi connectivity index (χ2v) is 7.94. The van der Waals surface area contributed by atoms with Crippen LogP contribution in [0.1, 0.15) is 20.3 Å². The molecular weight excluding hydrogens is 357 g/mol. The second-order valence-electron chi connectivity index (χ2n) is 5.19. The Morgan fingerprint density at radius 1 is 1.29 bits per heavy atom. The van der Waals surface area contributed by atoms with E-state index in [1.165, 1.54) is 0 Å². The van der Waals surface area contributed by atoms with Crippen molar-refractivity contribution in [2.45, 2.75) is 30.2 Å². The third-order valence-corrected chi connectivity index (χ3v) is 3.82. The van der Waals surface area contributed by atoms with Crippen LogP contribution in [-0.2, 0) is 9.53 Å². The van der Waals surface area contributed by atoms with Crippen LogP contribution in [0.5, 0.6) is 0 Å². The molecule has 9 heteroatoms. The number of hydrogen-bond acceptors (Lipinski definition) is 3. The van der Waals surface area contributed by atoms with Crippen molar-refractivity contribution in [2.24, 2.45) is 5.92 Å². The van der Waals surface area contributed by atoms with Gasteiger partial charge in [-0.05, 0) is 18.1 Å². The number of thiocarbonyl (C=S) groups is 1. The predicted octanol–water partition coefficient (Wildman–Crippen LogP) is 2.05. The number of ether oxygens (including phenoxy) is 1. The van der Waals surface area contributed by atoms with E-state index in [0.29, 0.717) is 37.8 Å². The number of hydrogen-bond donors (Lipinski definition) is 2. The molecule has 5 nitrogen and oxygen atoms in total. The number of amides is 1. The van der Waals surface area contributed by atoms with Gasteiger partial charge in [0.25, 0.3) is 0 Å². The van der Waals surface area contributed by atoms with E-state index in [2.05, 4.69) is 10.6 Å².